The second kappa shape index (κ2) is 9.57. The normalized spacial score (nSPS) is 12.6. The van der Waals surface area contributed by atoms with Crippen molar-refractivity contribution < 1.29 is 19.1 Å². The van der Waals surface area contributed by atoms with Gasteiger partial charge < -0.3 is 4.74 Å². The SMILES string of the molecule is O=C(C=Cc1ccccc1)Oc1ccccc1C=Cc1ccc2c(c1)C(=O)c1ccccc1C2=O. The Labute approximate surface area is 202 Å². The Morgan fingerprint density at radius 3 is 1.97 bits per heavy atom. The van der Waals surface area contributed by atoms with Crippen molar-refractivity contribution in [3.8, 4) is 5.75 Å². The molecule has 0 fully saturated rings. The van der Waals surface area contributed by atoms with Gasteiger partial charge >= 0.3 is 5.97 Å². The Bertz CT molecular complexity index is 1510. The predicted molar refractivity (Wildman–Crippen MR) is 136 cm³/mol. The van der Waals surface area contributed by atoms with E-state index in [4.69, 9.17) is 4.74 Å². The van der Waals surface area contributed by atoms with Gasteiger partial charge in [0.25, 0.3) is 0 Å². The van der Waals surface area contributed by atoms with Gasteiger partial charge in [-0.2, -0.15) is 0 Å². The highest BCUT2D eigenvalue weighted by Gasteiger charge is 2.29. The van der Waals surface area contributed by atoms with Crippen LogP contribution >= 0.6 is 0 Å². The van der Waals surface area contributed by atoms with E-state index in [0.717, 1.165) is 11.1 Å². The number of hydrogen-bond donors (Lipinski definition) is 0. The summed E-state index contributed by atoms with van der Waals surface area (Å²) in [5, 5.41) is 0. The largest absolute Gasteiger partial charge is 0.423 e. The van der Waals surface area contributed by atoms with Gasteiger partial charge in [0.2, 0.25) is 0 Å². The monoisotopic (exact) mass is 456 g/mol. The molecule has 0 heterocycles. The lowest BCUT2D eigenvalue weighted by Crippen LogP contribution is -2.20. The Morgan fingerprint density at radius 2 is 1.20 bits per heavy atom. The van der Waals surface area contributed by atoms with E-state index in [1.54, 1.807) is 60.7 Å². The molecule has 0 unspecified atom stereocenters. The molecule has 0 aliphatic heterocycles. The molecule has 4 nitrogen and oxygen atoms in total. The second-order valence-corrected chi connectivity index (χ2v) is 8.05. The first kappa shape index (κ1) is 22.0. The van der Waals surface area contributed by atoms with E-state index in [1.165, 1.54) is 6.08 Å². The number of esters is 1. The van der Waals surface area contributed by atoms with Crippen LogP contribution < -0.4 is 4.74 Å². The molecule has 4 aromatic rings. The van der Waals surface area contributed by atoms with Gasteiger partial charge in [-0.25, -0.2) is 4.79 Å². The maximum Gasteiger partial charge on any atom is 0.336 e. The molecular weight excluding hydrogens is 436 g/mol. The van der Waals surface area contributed by atoms with Crippen molar-refractivity contribution in [1.82, 2.24) is 0 Å². The quantitative estimate of drug-likeness (QED) is 0.136. The molecule has 4 aromatic carbocycles. The fourth-order valence-corrected chi connectivity index (χ4v) is 3.99. The van der Waals surface area contributed by atoms with Gasteiger partial charge in [0.15, 0.2) is 11.6 Å². The van der Waals surface area contributed by atoms with Crippen molar-refractivity contribution in [3.63, 3.8) is 0 Å². The van der Waals surface area contributed by atoms with Crippen molar-refractivity contribution in [2.75, 3.05) is 0 Å². The fraction of sp³-hybridized carbons (Fsp3) is 0. The molecule has 168 valence electrons. The number of carbonyl (C=O) groups excluding carboxylic acids is 3. The molecule has 0 radical (unpaired) electrons. The summed E-state index contributed by atoms with van der Waals surface area (Å²) in [5.41, 5.74) is 4.03. The Balaban J connectivity index is 1.37. The number of carbonyl (C=O) groups is 3. The van der Waals surface area contributed by atoms with Crippen LogP contribution in [0.1, 0.15) is 48.5 Å². The lowest BCUT2D eigenvalue weighted by molar-refractivity contribution is -0.128. The summed E-state index contributed by atoms with van der Waals surface area (Å²) in [6.07, 6.45) is 6.73. The van der Waals surface area contributed by atoms with E-state index in [1.807, 2.05) is 54.6 Å². The molecule has 0 amide bonds. The third-order valence-electron chi connectivity index (χ3n) is 5.75. The Hall–Kier alpha value is -4.83. The van der Waals surface area contributed by atoms with E-state index in [-0.39, 0.29) is 11.6 Å². The van der Waals surface area contributed by atoms with Crippen LogP contribution in [-0.2, 0) is 4.79 Å². The third-order valence-corrected chi connectivity index (χ3v) is 5.75. The maximum absolute atomic E-state index is 13.0. The molecular formula is C31H20O4. The minimum Gasteiger partial charge on any atom is -0.423 e. The zero-order valence-corrected chi connectivity index (χ0v) is 18.7. The number of ketones is 2. The van der Waals surface area contributed by atoms with Crippen LogP contribution in [0.4, 0.5) is 0 Å². The maximum atomic E-state index is 13.0. The average molecular weight is 456 g/mol. The van der Waals surface area contributed by atoms with Crippen LogP contribution in [-0.4, -0.2) is 17.5 Å². The second-order valence-electron chi connectivity index (χ2n) is 8.05. The number of para-hydroxylation sites is 1. The smallest absolute Gasteiger partial charge is 0.336 e. The van der Waals surface area contributed by atoms with E-state index < -0.39 is 5.97 Å². The first-order chi connectivity index (χ1) is 17.1. The topological polar surface area (TPSA) is 60.4 Å². The molecule has 0 saturated carbocycles. The van der Waals surface area contributed by atoms with E-state index in [2.05, 4.69) is 0 Å². The first-order valence-corrected chi connectivity index (χ1v) is 11.1. The number of benzene rings is 4. The molecule has 5 rings (SSSR count). The van der Waals surface area contributed by atoms with Crippen molar-refractivity contribution in [2.45, 2.75) is 0 Å². The molecule has 0 aromatic heterocycles. The number of ether oxygens (including phenoxy) is 1. The third kappa shape index (κ3) is 4.63. The standard InChI is InChI=1S/C31H20O4/c32-29(19-16-21-8-2-1-3-9-21)35-28-13-7-4-10-23(28)17-14-22-15-18-26-27(20-22)31(34)25-12-6-5-11-24(25)30(26)33/h1-20H. The molecule has 1 aliphatic rings. The van der Waals surface area contributed by atoms with Crippen LogP contribution in [0.25, 0.3) is 18.2 Å². The molecule has 1 aliphatic carbocycles. The van der Waals surface area contributed by atoms with Crippen molar-refractivity contribution >= 4 is 35.8 Å². The molecule has 0 spiro atoms. The average Bonchev–Trinajstić information content (AvgIpc) is 2.90. The van der Waals surface area contributed by atoms with Crippen LogP contribution in [0.3, 0.4) is 0 Å². The summed E-state index contributed by atoms with van der Waals surface area (Å²) in [4.78, 5) is 38.1. The van der Waals surface area contributed by atoms with Gasteiger partial charge in [0.05, 0.1) is 0 Å². The van der Waals surface area contributed by atoms with Crippen molar-refractivity contribution in [1.29, 1.82) is 0 Å². The summed E-state index contributed by atoms with van der Waals surface area (Å²) in [6, 6.07) is 28.8. The zero-order chi connectivity index (χ0) is 24.2. The van der Waals surface area contributed by atoms with Gasteiger partial charge in [-0.15, -0.1) is 0 Å². The number of rotatable bonds is 5. The zero-order valence-electron chi connectivity index (χ0n) is 18.7. The van der Waals surface area contributed by atoms with E-state index in [9.17, 15) is 14.4 Å². The molecule has 0 saturated heterocycles. The lowest BCUT2D eigenvalue weighted by atomic mass is 9.83. The van der Waals surface area contributed by atoms with Crippen LogP contribution in [0.5, 0.6) is 5.75 Å². The summed E-state index contributed by atoms with van der Waals surface area (Å²) >= 11 is 0. The first-order valence-electron chi connectivity index (χ1n) is 11.1. The van der Waals surface area contributed by atoms with Gasteiger partial charge in [0.1, 0.15) is 5.75 Å². The highest BCUT2D eigenvalue weighted by molar-refractivity contribution is 6.28. The van der Waals surface area contributed by atoms with Gasteiger partial charge in [-0.1, -0.05) is 91.0 Å². The summed E-state index contributed by atoms with van der Waals surface area (Å²) in [7, 11) is 0. The molecule has 35 heavy (non-hydrogen) atoms. The summed E-state index contributed by atoms with van der Waals surface area (Å²) in [5.74, 6) is -0.368. The van der Waals surface area contributed by atoms with Crippen LogP contribution in [0, 0.1) is 0 Å². The fourth-order valence-electron chi connectivity index (χ4n) is 3.99. The molecule has 0 bridgehead atoms. The molecule has 0 atom stereocenters. The minimum absolute atomic E-state index is 0.147. The van der Waals surface area contributed by atoms with E-state index in [0.29, 0.717) is 33.6 Å². The highest BCUT2D eigenvalue weighted by atomic mass is 16.5. The Kier molecular flexibility index (Phi) is 6.01. The predicted octanol–water partition coefficient (Wildman–Crippen LogP) is 6.25. The summed E-state index contributed by atoms with van der Waals surface area (Å²) < 4.78 is 5.54. The van der Waals surface area contributed by atoms with Gasteiger partial charge in [0, 0.05) is 33.9 Å². The van der Waals surface area contributed by atoms with Crippen LogP contribution in [0.15, 0.2) is 103 Å². The number of fused-ring (bicyclic) bond motifs is 2. The molecule has 4 heteroatoms. The van der Waals surface area contributed by atoms with E-state index >= 15 is 0 Å². The lowest BCUT2D eigenvalue weighted by Gasteiger charge is -2.17. The highest BCUT2D eigenvalue weighted by Crippen LogP contribution is 2.29. The Morgan fingerprint density at radius 1 is 0.571 bits per heavy atom. The molecule has 0 N–H and O–H groups in total. The summed E-state index contributed by atoms with van der Waals surface area (Å²) in [6.45, 7) is 0. The minimum atomic E-state index is -0.480. The van der Waals surface area contributed by atoms with Gasteiger partial charge in [-0.3, -0.25) is 9.59 Å². The van der Waals surface area contributed by atoms with Crippen molar-refractivity contribution in [2.24, 2.45) is 0 Å². The van der Waals surface area contributed by atoms with Crippen molar-refractivity contribution in [3.05, 3.63) is 142 Å². The van der Waals surface area contributed by atoms with Crippen LogP contribution in [0.2, 0.25) is 0 Å². The van der Waals surface area contributed by atoms with Gasteiger partial charge in [-0.05, 0) is 35.4 Å². The number of hydrogen-bond acceptors (Lipinski definition) is 4.